The molecule has 0 spiro atoms. The molecule has 0 atom stereocenters. The zero-order valence-electron chi connectivity index (χ0n) is 14.6. The molecule has 0 fully saturated rings. The standard InChI is InChI=1S/C21H19ClN3O/c1-3-15-6-4-5-7-20(15)25-21(16-8-10-17(22)11-9-16)18-12-24(14(2)26)13-19(18)23-25/h4-11H,2-3,12-13H2,1H3. The van der Waals surface area contributed by atoms with E-state index in [1.54, 1.807) is 4.90 Å². The third kappa shape index (κ3) is 2.80. The molecule has 0 saturated carbocycles. The van der Waals surface area contributed by atoms with Crippen LogP contribution >= 0.6 is 11.6 Å². The summed E-state index contributed by atoms with van der Waals surface area (Å²) >= 11 is 6.08. The van der Waals surface area contributed by atoms with Gasteiger partial charge in [0.1, 0.15) is 0 Å². The Kier molecular flexibility index (Phi) is 4.29. The Morgan fingerprint density at radius 1 is 1.15 bits per heavy atom. The van der Waals surface area contributed by atoms with Crippen LogP contribution in [0.25, 0.3) is 16.9 Å². The quantitative estimate of drug-likeness (QED) is 0.689. The maximum atomic E-state index is 11.7. The van der Waals surface area contributed by atoms with E-state index in [0.29, 0.717) is 18.1 Å². The normalized spacial score (nSPS) is 13.1. The predicted octanol–water partition coefficient (Wildman–Crippen LogP) is 4.43. The van der Waals surface area contributed by atoms with Gasteiger partial charge < -0.3 is 4.90 Å². The molecule has 0 aliphatic carbocycles. The Morgan fingerprint density at radius 2 is 1.88 bits per heavy atom. The summed E-state index contributed by atoms with van der Waals surface area (Å²) in [6.45, 7) is 6.71. The SMILES string of the molecule is [CH2]C(=O)N1Cc2nn(-c3ccccc3CC)c(-c3ccc(Cl)cc3)c2C1. The van der Waals surface area contributed by atoms with E-state index in [-0.39, 0.29) is 5.91 Å². The number of rotatable bonds is 3. The molecule has 1 radical (unpaired) electrons. The number of halogens is 1. The Labute approximate surface area is 158 Å². The lowest BCUT2D eigenvalue weighted by atomic mass is 10.1. The molecular weight excluding hydrogens is 346 g/mol. The molecule has 5 heteroatoms. The van der Waals surface area contributed by atoms with Crippen molar-refractivity contribution in [1.82, 2.24) is 14.7 Å². The number of hydrogen-bond donors (Lipinski definition) is 0. The van der Waals surface area contributed by atoms with Crippen LogP contribution in [0.2, 0.25) is 5.02 Å². The number of para-hydroxylation sites is 1. The Morgan fingerprint density at radius 3 is 2.58 bits per heavy atom. The van der Waals surface area contributed by atoms with Gasteiger partial charge in [-0.3, -0.25) is 4.79 Å². The van der Waals surface area contributed by atoms with E-state index >= 15 is 0 Å². The first-order chi connectivity index (χ1) is 12.6. The van der Waals surface area contributed by atoms with E-state index in [1.807, 2.05) is 41.1 Å². The van der Waals surface area contributed by atoms with Gasteiger partial charge >= 0.3 is 0 Å². The van der Waals surface area contributed by atoms with Crippen LogP contribution in [0.3, 0.4) is 0 Å². The van der Waals surface area contributed by atoms with E-state index in [1.165, 1.54) is 5.56 Å². The van der Waals surface area contributed by atoms with E-state index in [2.05, 4.69) is 26.0 Å². The number of fused-ring (bicyclic) bond motifs is 1. The molecule has 0 unspecified atom stereocenters. The van der Waals surface area contributed by atoms with Crippen LogP contribution in [0, 0.1) is 6.92 Å². The zero-order valence-corrected chi connectivity index (χ0v) is 15.3. The first-order valence-corrected chi connectivity index (χ1v) is 9.02. The van der Waals surface area contributed by atoms with Crippen molar-refractivity contribution in [3.05, 3.63) is 77.3 Å². The van der Waals surface area contributed by atoms with Gasteiger partial charge in [-0.2, -0.15) is 5.10 Å². The molecule has 3 aromatic rings. The lowest BCUT2D eigenvalue weighted by Gasteiger charge is -2.16. The van der Waals surface area contributed by atoms with Crippen molar-refractivity contribution in [2.24, 2.45) is 0 Å². The molecule has 131 valence electrons. The molecule has 0 bridgehead atoms. The van der Waals surface area contributed by atoms with Crippen LogP contribution in [-0.4, -0.2) is 20.6 Å². The van der Waals surface area contributed by atoms with Crippen LogP contribution in [0.1, 0.15) is 23.7 Å². The average molecular weight is 365 g/mol. The van der Waals surface area contributed by atoms with Crippen LogP contribution in [-0.2, 0) is 24.3 Å². The van der Waals surface area contributed by atoms with Gasteiger partial charge in [-0.1, -0.05) is 48.9 Å². The Bertz CT molecular complexity index is 975. The minimum atomic E-state index is -0.175. The predicted molar refractivity (Wildman–Crippen MR) is 103 cm³/mol. The summed E-state index contributed by atoms with van der Waals surface area (Å²) in [4.78, 5) is 13.4. The molecule has 0 saturated heterocycles. The van der Waals surface area contributed by atoms with Crippen LogP contribution in [0.4, 0.5) is 0 Å². The highest BCUT2D eigenvalue weighted by molar-refractivity contribution is 6.30. The molecule has 4 nitrogen and oxygen atoms in total. The molecule has 0 N–H and O–H groups in total. The lowest BCUT2D eigenvalue weighted by Crippen LogP contribution is -2.23. The third-order valence-electron chi connectivity index (χ3n) is 4.83. The van der Waals surface area contributed by atoms with Gasteiger partial charge in [0.2, 0.25) is 5.91 Å². The maximum Gasteiger partial charge on any atom is 0.223 e. The number of aromatic nitrogens is 2. The summed E-state index contributed by atoms with van der Waals surface area (Å²) in [7, 11) is 0. The molecular formula is C21H19ClN3O. The maximum absolute atomic E-state index is 11.7. The molecule has 1 amide bonds. The van der Waals surface area contributed by atoms with Crippen molar-refractivity contribution in [3.8, 4) is 16.9 Å². The largest absolute Gasteiger partial charge is 0.332 e. The minimum Gasteiger partial charge on any atom is -0.332 e. The summed E-state index contributed by atoms with van der Waals surface area (Å²) in [5.41, 5.74) is 6.36. The highest BCUT2D eigenvalue weighted by Gasteiger charge is 2.30. The number of hydrogen-bond acceptors (Lipinski definition) is 2. The van der Waals surface area contributed by atoms with Crippen LogP contribution in [0.15, 0.2) is 48.5 Å². The molecule has 2 heterocycles. The molecule has 2 aromatic carbocycles. The second-order valence-corrected chi connectivity index (χ2v) is 6.86. The van der Waals surface area contributed by atoms with Gasteiger partial charge in [0.25, 0.3) is 0 Å². The number of nitrogens with zero attached hydrogens (tertiary/aromatic N) is 3. The van der Waals surface area contributed by atoms with E-state index in [9.17, 15) is 4.79 Å². The van der Waals surface area contributed by atoms with E-state index in [0.717, 1.165) is 34.6 Å². The Hall–Kier alpha value is -2.59. The lowest BCUT2D eigenvalue weighted by molar-refractivity contribution is -0.126. The summed E-state index contributed by atoms with van der Waals surface area (Å²) < 4.78 is 2.01. The minimum absolute atomic E-state index is 0.175. The first-order valence-electron chi connectivity index (χ1n) is 8.64. The Balaban J connectivity index is 1.92. The fourth-order valence-corrected chi connectivity index (χ4v) is 3.61. The smallest absolute Gasteiger partial charge is 0.223 e. The van der Waals surface area contributed by atoms with Gasteiger partial charge in [0.15, 0.2) is 0 Å². The summed E-state index contributed by atoms with van der Waals surface area (Å²) in [5.74, 6) is -0.175. The number of benzene rings is 2. The zero-order chi connectivity index (χ0) is 18.3. The molecule has 1 aromatic heterocycles. The van der Waals surface area contributed by atoms with Gasteiger partial charge in [0.05, 0.1) is 30.2 Å². The average Bonchev–Trinajstić information content (AvgIpc) is 3.20. The van der Waals surface area contributed by atoms with Crippen molar-refractivity contribution >= 4 is 17.5 Å². The van der Waals surface area contributed by atoms with Crippen molar-refractivity contribution in [2.45, 2.75) is 26.4 Å². The molecule has 26 heavy (non-hydrogen) atoms. The topological polar surface area (TPSA) is 38.1 Å². The van der Waals surface area contributed by atoms with Gasteiger partial charge in [-0.05, 0) is 30.2 Å². The van der Waals surface area contributed by atoms with Gasteiger partial charge in [-0.25, -0.2) is 4.68 Å². The first kappa shape index (κ1) is 16.9. The fourth-order valence-electron chi connectivity index (χ4n) is 3.49. The van der Waals surface area contributed by atoms with Crippen LogP contribution < -0.4 is 0 Å². The summed E-state index contributed by atoms with van der Waals surface area (Å²) in [5, 5.41) is 5.56. The van der Waals surface area contributed by atoms with Gasteiger partial charge in [0, 0.05) is 23.1 Å². The fraction of sp³-hybridized carbons (Fsp3) is 0.190. The molecule has 4 rings (SSSR count). The highest BCUT2D eigenvalue weighted by Crippen LogP contribution is 2.35. The number of carbonyl (C=O) groups is 1. The summed E-state index contributed by atoms with van der Waals surface area (Å²) in [6, 6.07) is 16.0. The van der Waals surface area contributed by atoms with Crippen molar-refractivity contribution in [1.29, 1.82) is 0 Å². The van der Waals surface area contributed by atoms with E-state index in [4.69, 9.17) is 16.7 Å². The van der Waals surface area contributed by atoms with Crippen molar-refractivity contribution < 1.29 is 4.79 Å². The molecule has 1 aliphatic heterocycles. The molecule has 1 aliphatic rings. The summed E-state index contributed by atoms with van der Waals surface area (Å²) in [6.07, 6.45) is 0.921. The van der Waals surface area contributed by atoms with Crippen molar-refractivity contribution in [2.75, 3.05) is 0 Å². The second-order valence-electron chi connectivity index (χ2n) is 6.42. The third-order valence-corrected chi connectivity index (χ3v) is 5.08. The second kappa shape index (κ2) is 6.61. The van der Waals surface area contributed by atoms with Gasteiger partial charge in [-0.15, -0.1) is 0 Å². The highest BCUT2D eigenvalue weighted by atomic mass is 35.5. The van der Waals surface area contributed by atoms with Crippen molar-refractivity contribution in [3.63, 3.8) is 0 Å². The number of aryl methyl sites for hydroxylation is 1. The monoisotopic (exact) mass is 364 g/mol. The number of amides is 1. The van der Waals surface area contributed by atoms with Crippen LogP contribution in [0.5, 0.6) is 0 Å². The van der Waals surface area contributed by atoms with E-state index < -0.39 is 0 Å². The number of carbonyl (C=O) groups excluding carboxylic acids is 1.